The van der Waals surface area contributed by atoms with Gasteiger partial charge in [0.05, 0.1) is 0 Å². The van der Waals surface area contributed by atoms with Crippen LogP contribution in [-0.2, 0) is 0 Å². The second-order valence-electron chi connectivity index (χ2n) is 5.42. The average molecular weight is 232 g/mol. The third-order valence-electron chi connectivity index (χ3n) is 3.33. The second-order valence-corrected chi connectivity index (χ2v) is 5.42. The molecule has 2 nitrogen and oxygen atoms in total. The minimum absolute atomic E-state index is 0.178. The molecule has 0 saturated carbocycles. The largest absolute Gasteiger partial charge is 0.384 e. The molecule has 1 aromatic carbocycles. The molecule has 17 heavy (non-hydrogen) atoms. The van der Waals surface area contributed by atoms with E-state index in [9.17, 15) is 0 Å². The van der Waals surface area contributed by atoms with Crippen LogP contribution in [0.5, 0.6) is 0 Å². The lowest BCUT2D eigenvalue weighted by Crippen LogP contribution is -2.17. The van der Waals surface area contributed by atoms with Crippen molar-refractivity contribution in [2.75, 3.05) is 0 Å². The first-order valence-electron chi connectivity index (χ1n) is 6.25. The smallest absolute Gasteiger partial charge is 0.123 e. The predicted octanol–water partition coefficient (Wildman–Crippen LogP) is 3.83. The van der Waals surface area contributed by atoms with Crippen LogP contribution in [0.1, 0.15) is 67.3 Å². The van der Waals surface area contributed by atoms with E-state index in [1.54, 1.807) is 0 Å². The molecule has 0 fully saturated rings. The quantitative estimate of drug-likeness (QED) is 0.604. The zero-order chi connectivity index (χ0) is 13.3. The van der Waals surface area contributed by atoms with Gasteiger partial charge in [-0.1, -0.05) is 33.8 Å². The molecule has 1 rings (SSSR count). The molecule has 0 saturated heterocycles. The Bertz CT molecular complexity index is 443. The van der Waals surface area contributed by atoms with Crippen molar-refractivity contribution in [2.45, 2.75) is 53.4 Å². The van der Waals surface area contributed by atoms with Crippen molar-refractivity contribution in [3.8, 4) is 0 Å². The molecule has 0 radical (unpaired) electrons. The Labute approximate surface area is 105 Å². The number of aryl methyl sites for hydroxylation is 1. The predicted molar refractivity (Wildman–Crippen MR) is 75.1 cm³/mol. The molecule has 1 aromatic rings. The van der Waals surface area contributed by atoms with Crippen LogP contribution in [-0.4, -0.2) is 5.84 Å². The summed E-state index contributed by atoms with van der Waals surface area (Å²) in [6, 6.07) is 2.20. The number of nitrogens with one attached hydrogen (secondary N) is 1. The Hall–Kier alpha value is -1.31. The monoisotopic (exact) mass is 232 g/mol. The maximum absolute atomic E-state index is 7.71. The van der Waals surface area contributed by atoms with Gasteiger partial charge in [0.2, 0.25) is 0 Å². The summed E-state index contributed by atoms with van der Waals surface area (Å²) in [7, 11) is 0. The van der Waals surface area contributed by atoms with Gasteiger partial charge in [0, 0.05) is 5.56 Å². The van der Waals surface area contributed by atoms with Crippen molar-refractivity contribution in [1.82, 2.24) is 0 Å². The van der Waals surface area contributed by atoms with Gasteiger partial charge in [-0.3, -0.25) is 5.41 Å². The normalized spacial score (nSPS) is 11.3. The Morgan fingerprint density at radius 3 is 2.00 bits per heavy atom. The van der Waals surface area contributed by atoms with E-state index in [4.69, 9.17) is 11.1 Å². The van der Waals surface area contributed by atoms with Crippen LogP contribution in [0.3, 0.4) is 0 Å². The van der Waals surface area contributed by atoms with Gasteiger partial charge in [0.15, 0.2) is 0 Å². The van der Waals surface area contributed by atoms with Gasteiger partial charge < -0.3 is 5.73 Å². The van der Waals surface area contributed by atoms with Gasteiger partial charge >= 0.3 is 0 Å². The summed E-state index contributed by atoms with van der Waals surface area (Å²) in [5, 5.41) is 7.71. The van der Waals surface area contributed by atoms with E-state index < -0.39 is 0 Å². The average Bonchev–Trinajstić information content (AvgIpc) is 2.14. The van der Waals surface area contributed by atoms with Crippen molar-refractivity contribution < 1.29 is 0 Å². The van der Waals surface area contributed by atoms with Crippen molar-refractivity contribution in [3.05, 3.63) is 33.9 Å². The molecular formula is C15H24N2. The Morgan fingerprint density at radius 2 is 1.65 bits per heavy atom. The summed E-state index contributed by atoms with van der Waals surface area (Å²) in [6.45, 7) is 13.0. The van der Waals surface area contributed by atoms with Gasteiger partial charge in [-0.05, 0) is 47.9 Å². The van der Waals surface area contributed by atoms with Crippen LogP contribution in [0.15, 0.2) is 6.07 Å². The van der Waals surface area contributed by atoms with Crippen molar-refractivity contribution in [2.24, 2.45) is 5.73 Å². The summed E-state index contributed by atoms with van der Waals surface area (Å²) in [4.78, 5) is 0. The third kappa shape index (κ3) is 2.51. The van der Waals surface area contributed by atoms with E-state index in [-0.39, 0.29) is 5.84 Å². The van der Waals surface area contributed by atoms with Crippen LogP contribution in [0.2, 0.25) is 0 Å². The van der Waals surface area contributed by atoms with Crippen molar-refractivity contribution in [1.29, 1.82) is 5.41 Å². The Balaban J connectivity index is 3.64. The molecular weight excluding hydrogens is 208 g/mol. The zero-order valence-electron chi connectivity index (χ0n) is 11.8. The number of hydrogen-bond acceptors (Lipinski definition) is 1. The number of nitrogens with two attached hydrogens (primary N) is 1. The van der Waals surface area contributed by atoms with E-state index in [0.717, 1.165) is 11.1 Å². The molecule has 3 N–H and O–H groups in total. The van der Waals surface area contributed by atoms with Gasteiger partial charge in [-0.15, -0.1) is 0 Å². The number of nitrogen functional groups attached to an aromatic ring is 1. The number of benzene rings is 1. The number of rotatable bonds is 3. The van der Waals surface area contributed by atoms with Gasteiger partial charge in [0.1, 0.15) is 5.84 Å². The van der Waals surface area contributed by atoms with Crippen LogP contribution >= 0.6 is 0 Å². The molecule has 0 amide bonds. The summed E-state index contributed by atoms with van der Waals surface area (Å²) < 4.78 is 0. The van der Waals surface area contributed by atoms with Crippen LogP contribution < -0.4 is 5.73 Å². The molecule has 0 aliphatic rings. The fourth-order valence-corrected chi connectivity index (χ4v) is 2.69. The Kier molecular flexibility index (Phi) is 3.97. The van der Waals surface area contributed by atoms with Crippen LogP contribution in [0, 0.1) is 19.3 Å². The van der Waals surface area contributed by atoms with Gasteiger partial charge in [0.25, 0.3) is 0 Å². The van der Waals surface area contributed by atoms with E-state index in [2.05, 4.69) is 40.7 Å². The molecule has 0 bridgehead atoms. The van der Waals surface area contributed by atoms with E-state index in [0.29, 0.717) is 11.8 Å². The molecule has 0 atom stereocenters. The van der Waals surface area contributed by atoms with Crippen molar-refractivity contribution >= 4 is 5.84 Å². The molecule has 0 aliphatic carbocycles. The Morgan fingerprint density at radius 1 is 1.12 bits per heavy atom. The highest BCUT2D eigenvalue weighted by molar-refractivity contribution is 5.98. The lowest BCUT2D eigenvalue weighted by Gasteiger charge is -2.23. The van der Waals surface area contributed by atoms with E-state index in [1.165, 1.54) is 16.7 Å². The van der Waals surface area contributed by atoms with Crippen molar-refractivity contribution in [3.63, 3.8) is 0 Å². The maximum Gasteiger partial charge on any atom is 0.123 e. The highest BCUT2D eigenvalue weighted by Crippen LogP contribution is 2.32. The summed E-state index contributed by atoms with van der Waals surface area (Å²) in [6.07, 6.45) is 0. The minimum Gasteiger partial charge on any atom is -0.384 e. The second kappa shape index (κ2) is 4.91. The van der Waals surface area contributed by atoms with E-state index in [1.807, 2.05) is 6.92 Å². The van der Waals surface area contributed by atoms with Crippen LogP contribution in [0.4, 0.5) is 0 Å². The molecule has 0 unspecified atom stereocenters. The highest BCUT2D eigenvalue weighted by Gasteiger charge is 2.18. The maximum atomic E-state index is 7.71. The first-order valence-corrected chi connectivity index (χ1v) is 6.25. The van der Waals surface area contributed by atoms with E-state index >= 15 is 0 Å². The highest BCUT2D eigenvalue weighted by atomic mass is 14.7. The fourth-order valence-electron chi connectivity index (χ4n) is 2.69. The minimum atomic E-state index is 0.178. The summed E-state index contributed by atoms with van der Waals surface area (Å²) in [5.41, 5.74) is 11.6. The molecule has 94 valence electrons. The lowest BCUT2D eigenvalue weighted by atomic mass is 9.83. The van der Waals surface area contributed by atoms with Gasteiger partial charge in [-0.2, -0.15) is 0 Å². The molecule has 2 heteroatoms. The first kappa shape index (κ1) is 13.8. The fraction of sp³-hybridized carbons (Fsp3) is 0.533. The molecule has 0 aliphatic heterocycles. The topological polar surface area (TPSA) is 49.9 Å². The standard InChI is InChI=1S/C15H24N2/c1-8(2)12-7-10(5)14(15(16)17)11(6)13(12)9(3)4/h7-9H,1-6H3,(H3,16,17). The molecule has 0 aromatic heterocycles. The first-order chi connectivity index (χ1) is 7.77. The number of amidine groups is 1. The lowest BCUT2D eigenvalue weighted by molar-refractivity contribution is 0.780. The zero-order valence-corrected chi connectivity index (χ0v) is 11.8. The summed E-state index contributed by atoms with van der Waals surface area (Å²) in [5.74, 6) is 1.15. The van der Waals surface area contributed by atoms with Crippen LogP contribution in [0.25, 0.3) is 0 Å². The number of hydrogen-bond donors (Lipinski definition) is 2. The summed E-state index contributed by atoms with van der Waals surface area (Å²) >= 11 is 0. The van der Waals surface area contributed by atoms with Gasteiger partial charge in [-0.25, -0.2) is 0 Å². The third-order valence-corrected chi connectivity index (χ3v) is 3.33. The molecule has 0 spiro atoms. The SMILES string of the molecule is Cc1cc(C(C)C)c(C(C)C)c(C)c1C(=N)N. The molecule has 0 heterocycles.